The molecule has 0 aromatic heterocycles. The van der Waals surface area contributed by atoms with E-state index in [-0.39, 0.29) is 31.3 Å². The van der Waals surface area contributed by atoms with Gasteiger partial charge in [-0.3, -0.25) is 14.1 Å². The summed E-state index contributed by atoms with van der Waals surface area (Å²) < 4.78 is 30.1. The molecule has 1 N–H and O–H groups in total. The Morgan fingerprint density at radius 3 is 1.82 bits per heavy atom. The van der Waals surface area contributed by atoms with Crippen molar-refractivity contribution in [2.24, 2.45) is 0 Å². The summed E-state index contributed by atoms with van der Waals surface area (Å²) in [5, 5.41) is 0. The predicted molar refractivity (Wildman–Crippen MR) is 84.9 cm³/mol. The zero-order chi connectivity index (χ0) is 17.2. The van der Waals surface area contributed by atoms with Crippen LogP contribution in [0.1, 0.15) is 19.8 Å². The van der Waals surface area contributed by atoms with Gasteiger partial charge in [0.15, 0.2) is 0 Å². The molecule has 7 nitrogen and oxygen atoms in total. The van der Waals surface area contributed by atoms with Gasteiger partial charge in [-0.15, -0.1) is 0 Å². The van der Waals surface area contributed by atoms with Crippen molar-refractivity contribution in [2.45, 2.75) is 19.8 Å². The molecule has 2 amide bonds. The quantitative estimate of drug-likeness (QED) is 0.444. The van der Waals surface area contributed by atoms with Crippen molar-refractivity contribution >= 4 is 21.9 Å². The van der Waals surface area contributed by atoms with Crippen LogP contribution in [0.2, 0.25) is 0 Å². The number of rotatable bonds is 11. The van der Waals surface area contributed by atoms with E-state index in [0.29, 0.717) is 13.1 Å². The van der Waals surface area contributed by atoms with Gasteiger partial charge in [0.2, 0.25) is 11.8 Å². The Morgan fingerprint density at radius 1 is 1.00 bits per heavy atom. The third kappa shape index (κ3) is 8.58. The minimum absolute atomic E-state index is 0.113. The summed E-state index contributed by atoms with van der Waals surface area (Å²) >= 11 is 0. The van der Waals surface area contributed by atoms with Crippen molar-refractivity contribution in [1.82, 2.24) is 9.80 Å². The number of hydrogen-bond acceptors (Lipinski definition) is 4. The summed E-state index contributed by atoms with van der Waals surface area (Å²) in [7, 11) is -4.05. The van der Waals surface area contributed by atoms with E-state index in [0.717, 1.165) is 12.5 Å². The third-order valence-electron chi connectivity index (χ3n) is 2.94. The molecule has 126 valence electrons. The Kier molecular flexibility index (Phi) is 9.35. The molecule has 0 aliphatic rings. The average molecular weight is 332 g/mol. The fourth-order valence-electron chi connectivity index (χ4n) is 1.87. The van der Waals surface area contributed by atoms with Crippen LogP contribution >= 0.6 is 0 Å². The van der Waals surface area contributed by atoms with Crippen LogP contribution in [0.25, 0.3) is 0 Å². The Balaban J connectivity index is 4.63. The molecule has 0 saturated heterocycles. The van der Waals surface area contributed by atoms with Gasteiger partial charge < -0.3 is 9.80 Å². The molecule has 0 atom stereocenters. The summed E-state index contributed by atoms with van der Waals surface area (Å²) in [6, 6.07) is 0. The fourth-order valence-corrected chi connectivity index (χ4v) is 2.37. The molecule has 0 rings (SSSR count). The van der Waals surface area contributed by atoms with E-state index < -0.39 is 15.9 Å². The van der Waals surface area contributed by atoms with Gasteiger partial charge in [0, 0.05) is 26.2 Å². The van der Waals surface area contributed by atoms with Crippen LogP contribution in [0, 0.1) is 0 Å². The van der Waals surface area contributed by atoms with E-state index in [1.807, 2.05) is 6.92 Å². The second kappa shape index (κ2) is 10.1. The van der Waals surface area contributed by atoms with Crippen LogP contribution < -0.4 is 0 Å². The Morgan fingerprint density at radius 2 is 1.45 bits per heavy atom. The van der Waals surface area contributed by atoms with Crippen molar-refractivity contribution in [3.05, 3.63) is 25.3 Å². The molecule has 0 aromatic carbocycles. The molecular weight excluding hydrogens is 308 g/mol. The highest BCUT2D eigenvalue weighted by Crippen LogP contribution is 2.00. The third-order valence-corrected chi connectivity index (χ3v) is 3.74. The first-order valence-corrected chi connectivity index (χ1v) is 8.64. The van der Waals surface area contributed by atoms with E-state index in [2.05, 4.69) is 13.2 Å². The molecule has 0 aliphatic heterocycles. The highest BCUT2D eigenvalue weighted by atomic mass is 32.2. The summed E-state index contributed by atoms with van der Waals surface area (Å²) in [4.78, 5) is 26.4. The maximum absolute atomic E-state index is 11.7. The number of carbonyl (C=O) groups excluding carboxylic acids is 2. The minimum atomic E-state index is -4.05. The number of hydrogen-bond donors (Lipinski definition) is 1. The Hall–Kier alpha value is -1.67. The molecule has 0 spiro atoms. The molecule has 0 bridgehead atoms. The van der Waals surface area contributed by atoms with Crippen molar-refractivity contribution in [1.29, 1.82) is 0 Å². The molecular formula is C14H24N2O5S. The normalized spacial score (nSPS) is 10.8. The first kappa shape index (κ1) is 20.3. The van der Waals surface area contributed by atoms with E-state index >= 15 is 0 Å². The Bertz CT molecular complexity index is 501. The monoisotopic (exact) mass is 332 g/mol. The lowest BCUT2D eigenvalue weighted by atomic mass is 10.3. The van der Waals surface area contributed by atoms with E-state index in [9.17, 15) is 18.0 Å². The van der Waals surface area contributed by atoms with Crippen molar-refractivity contribution in [2.75, 3.05) is 31.9 Å². The standard InChI is InChI=1S/C14H24N2O5S/c1-4-8-15(13(17)5-2)10-11-16(14(18)6-3)9-7-12-22(19,20)21/h5-6H,2-4,7-12H2,1H3,(H,19,20,21). The SMILES string of the molecule is C=CC(=O)N(CCC)CCN(CCCS(=O)(=O)O)C(=O)C=C. The summed E-state index contributed by atoms with van der Waals surface area (Å²) in [5.41, 5.74) is 0. The van der Waals surface area contributed by atoms with Gasteiger partial charge in [-0.25, -0.2) is 0 Å². The molecule has 0 fully saturated rings. The molecule has 8 heteroatoms. The fraction of sp³-hybridized carbons (Fsp3) is 0.571. The van der Waals surface area contributed by atoms with Crippen LogP contribution in [0.5, 0.6) is 0 Å². The van der Waals surface area contributed by atoms with Crippen LogP contribution in [0.15, 0.2) is 25.3 Å². The Labute approximate surface area is 132 Å². The lowest BCUT2D eigenvalue weighted by molar-refractivity contribution is -0.129. The largest absolute Gasteiger partial charge is 0.337 e. The molecule has 0 aromatic rings. The van der Waals surface area contributed by atoms with E-state index in [1.165, 1.54) is 11.0 Å². The molecule has 0 radical (unpaired) electrons. The van der Waals surface area contributed by atoms with E-state index in [1.54, 1.807) is 4.90 Å². The van der Waals surface area contributed by atoms with E-state index in [4.69, 9.17) is 4.55 Å². The average Bonchev–Trinajstić information content (AvgIpc) is 2.46. The maximum atomic E-state index is 11.7. The van der Waals surface area contributed by atoms with Crippen molar-refractivity contribution < 1.29 is 22.6 Å². The van der Waals surface area contributed by atoms with Gasteiger partial charge in [0.05, 0.1) is 5.75 Å². The molecule has 0 aliphatic carbocycles. The van der Waals surface area contributed by atoms with Crippen LogP contribution in [0.3, 0.4) is 0 Å². The molecule has 0 heterocycles. The predicted octanol–water partition coefficient (Wildman–Crippen LogP) is 0.704. The highest BCUT2D eigenvalue weighted by molar-refractivity contribution is 7.85. The number of amides is 2. The zero-order valence-electron chi connectivity index (χ0n) is 12.9. The van der Waals surface area contributed by atoms with Gasteiger partial charge in [-0.05, 0) is 25.0 Å². The van der Waals surface area contributed by atoms with Crippen molar-refractivity contribution in [3.8, 4) is 0 Å². The lowest BCUT2D eigenvalue weighted by Crippen LogP contribution is -2.41. The van der Waals surface area contributed by atoms with Crippen LogP contribution in [-0.2, 0) is 19.7 Å². The smallest absolute Gasteiger partial charge is 0.264 e. The van der Waals surface area contributed by atoms with Gasteiger partial charge in [-0.1, -0.05) is 20.1 Å². The molecule has 0 unspecified atom stereocenters. The zero-order valence-corrected chi connectivity index (χ0v) is 13.7. The summed E-state index contributed by atoms with van der Waals surface area (Å²) in [6.45, 7) is 10.1. The topological polar surface area (TPSA) is 95.0 Å². The van der Waals surface area contributed by atoms with Crippen LogP contribution in [0.4, 0.5) is 0 Å². The lowest BCUT2D eigenvalue weighted by Gasteiger charge is -2.26. The summed E-state index contributed by atoms with van der Waals surface area (Å²) in [5.74, 6) is -0.985. The van der Waals surface area contributed by atoms with Gasteiger partial charge in [0.25, 0.3) is 10.1 Å². The minimum Gasteiger partial charge on any atom is -0.337 e. The highest BCUT2D eigenvalue weighted by Gasteiger charge is 2.15. The van der Waals surface area contributed by atoms with Crippen LogP contribution in [-0.4, -0.2) is 66.5 Å². The number of carbonyl (C=O) groups is 2. The van der Waals surface area contributed by atoms with Gasteiger partial charge >= 0.3 is 0 Å². The second-order valence-electron chi connectivity index (χ2n) is 4.70. The summed E-state index contributed by atoms with van der Waals surface area (Å²) in [6.07, 6.45) is 3.24. The molecule has 22 heavy (non-hydrogen) atoms. The second-order valence-corrected chi connectivity index (χ2v) is 6.27. The van der Waals surface area contributed by atoms with Crippen molar-refractivity contribution in [3.63, 3.8) is 0 Å². The number of nitrogens with zero attached hydrogens (tertiary/aromatic N) is 2. The van der Waals surface area contributed by atoms with Gasteiger partial charge in [0.1, 0.15) is 0 Å². The first-order chi connectivity index (χ1) is 10.2. The molecule has 0 saturated carbocycles. The van der Waals surface area contributed by atoms with Gasteiger partial charge in [-0.2, -0.15) is 8.42 Å². The first-order valence-electron chi connectivity index (χ1n) is 7.03. The maximum Gasteiger partial charge on any atom is 0.264 e.